The quantitative estimate of drug-likeness (QED) is 0.530. The molecule has 1 atom stereocenters. The minimum Gasteiger partial charge on any atom is -0.203 e. The Bertz CT molecular complexity index is 653. The molecule has 0 aliphatic heterocycles. The van der Waals surface area contributed by atoms with Crippen molar-refractivity contribution in [3.63, 3.8) is 0 Å². The monoisotopic (exact) mass is 328 g/mol. The average Bonchev–Trinajstić information content (AvgIpc) is 2.61. The van der Waals surface area contributed by atoms with E-state index >= 15 is 0 Å². The van der Waals surface area contributed by atoms with Gasteiger partial charge in [0.1, 0.15) is 0 Å². The summed E-state index contributed by atoms with van der Waals surface area (Å²) in [5.74, 6) is 3.93. The Balaban J connectivity index is 2.05. The van der Waals surface area contributed by atoms with Gasteiger partial charge in [-0.2, -0.15) is 4.39 Å². The summed E-state index contributed by atoms with van der Waals surface area (Å²) in [5.41, 5.74) is 2.42. The minimum absolute atomic E-state index is 0.479. The molecular weight excluding hydrogens is 302 g/mol. The lowest BCUT2D eigenvalue weighted by Gasteiger charge is -2.20. The molecule has 0 saturated heterocycles. The molecule has 0 N–H and O–H groups in total. The van der Waals surface area contributed by atoms with Gasteiger partial charge in [0.05, 0.1) is 0 Å². The van der Waals surface area contributed by atoms with Crippen LogP contribution in [0.4, 0.5) is 8.78 Å². The third kappa shape index (κ3) is 5.34. The van der Waals surface area contributed by atoms with Gasteiger partial charge < -0.3 is 0 Å². The Hall–Kier alpha value is -1.88. The van der Waals surface area contributed by atoms with Crippen LogP contribution in [0.1, 0.15) is 63.5 Å². The molecule has 0 amide bonds. The molecule has 1 aliphatic rings. The van der Waals surface area contributed by atoms with Gasteiger partial charge in [-0.1, -0.05) is 57.2 Å². The first-order valence-corrected chi connectivity index (χ1v) is 8.99. The highest BCUT2D eigenvalue weighted by Crippen LogP contribution is 2.32. The highest BCUT2D eigenvalue weighted by Gasteiger charge is 2.18. The van der Waals surface area contributed by atoms with Crippen molar-refractivity contribution in [2.75, 3.05) is 0 Å². The van der Waals surface area contributed by atoms with Crippen LogP contribution in [0.3, 0.4) is 0 Å². The third-order valence-corrected chi connectivity index (χ3v) is 4.50. The third-order valence-electron chi connectivity index (χ3n) is 4.50. The van der Waals surface area contributed by atoms with Crippen molar-refractivity contribution in [1.82, 2.24) is 0 Å². The molecule has 2 heteroatoms. The first-order chi connectivity index (χ1) is 11.6. The number of aryl methyl sites for hydroxylation is 1. The van der Waals surface area contributed by atoms with E-state index in [0.29, 0.717) is 23.5 Å². The minimum atomic E-state index is -0.951. The number of allylic oxidation sites excluding steroid dienone is 4. The second kappa shape index (κ2) is 9.42. The van der Waals surface area contributed by atoms with Crippen LogP contribution >= 0.6 is 0 Å². The molecule has 1 aliphatic carbocycles. The van der Waals surface area contributed by atoms with Crippen LogP contribution in [0, 0.1) is 17.8 Å². The molecule has 0 nitrogen and oxygen atoms in total. The maximum absolute atomic E-state index is 14.2. The summed E-state index contributed by atoms with van der Waals surface area (Å²) in [5, 5.41) is 0. The number of hydrogen-bond acceptors (Lipinski definition) is 0. The fourth-order valence-corrected chi connectivity index (χ4v) is 3.12. The molecule has 0 bridgehead atoms. The second-order valence-electron chi connectivity index (χ2n) is 6.48. The first-order valence-electron chi connectivity index (χ1n) is 8.99. The summed E-state index contributed by atoms with van der Waals surface area (Å²) in [6.45, 7) is 4.28. The molecule has 1 unspecified atom stereocenters. The number of hydrogen-bond donors (Lipinski definition) is 0. The first kappa shape index (κ1) is 18.5. The van der Waals surface area contributed by atoms with Gasteiger partial charge in [0.15, 0.2) is 5.83 Å². The molecule has 0 aromatic heterocycles. The fraction of sp³-hybridized carbons (Fsp3) is 0.455. The lowest BCUT2D eigenvalue weighted by Crippen LogP contribution is -2.06. The van der Waals surface area contributed by atoms with E-state index in [1.807, 2.05) is 30.3 Å². The van der Waals surface area contributed by atoms with Crippen molar-refractivity contribution in [2.45, 2.75) is 58.8 Å². The topological polar surface area (TPSA) is 0 Å². The SMILES string of the molecule is CCCc1ccc(C#CC(F)=C(F)C2=CCC(CCC)CC2)cc1. The van der Waals surface area contributed by atoms with E-state index in [0.717, 1.165) is 38.5 Å². The fourth-order valence-electron chi connectivity index (χ4n) is 3.12. The van der Waals surface area contributed by atoms with Crippen molar-refractivity contribution in [2.24, 2.45) is 5.92 Å². The van der Waals surface area contributed by atoms with Gasteiger partial charge in [0, 0.05) is 5.56 Å². The van der Waals surface area contributed by atoms with Crippen LogP contribution < -0.4 is 0 Å². The summed E-state index contributed by atoms with van der Waals surface area (Å²) in [7, 11) is 0. The second-order valence-corrected chi connectivity index (χ2v) is 6.48. The van der Waals surface area contributed by atoms with Crippen molar-refractivity contribution >= 4 is 0 Å². The molecule has 0 radical (unpaired) electrons. The number of halogens is 2. The average molecular weight is 328 g/mol. The normalized spacial score (nSPS) is 18.3. The van der Waals surface area contributed by atoms with Gasteiger partial charge >= 0.3 is 0 Å². The van der Waals surface area contributed by atoms with Crippen LogP contribution in [0.25, 0.3) is 0 Å². The summed E-state index contributed by atoms with van der Waals surface area (Å²) < 4.78 is 28.2. The van der Waals surface area contributed by atoms with Gasteiger partial charge in [-0.25, -0.2) is 4.39 Å². The Morgan fingerprint density at radius 2 is 1.88 bits per heavy atom. The van der Waals surface area contributed by atoms with Gasteiger partial charge in [-0.15, -0.1) is 0 Å². The van der Waals surface area contributed by atoms with Crippen LogP contribution in [0.15, 0.2) is 47.6 Å². The highest BCUT2D eigenvalue weighted by molar-refractivity contribution is 5.43. The maximum Gasteiger partial charge on any atom is 0.209 e. The zero-order valence-corrected chi connectivity index (χ0v) is 14.7. The van der Waals surface area contributed by atoms with E-state index in [9.17, 15) is 8.78 Å². The van der Waals surface area contributed by atoms with Crippen molar-refractivity contribution in [1.29, 1.82) is 0 Å². The Labute approximate surface area is 144 Å². The smallest absolute Gasteiger partial charge is 0.203 e. The van der Waals surface area contributed by atoms with E-state index in [-0.39, 0.29) is 0 Å². The zero-order chi connectivity index (χ0) is 17.4. The summed E-state index contributed by atoms with van der Waals surface area (Å²) >= 11 is 0. The summed E-state index contributed by atoms with van der Waals surface area (Å²) in [6, 6.07) is 7.70. The number of rotatable bonds is 5. The van der Waals surface area contributed by atoms with E-state index in [1.54, 1.807) is 0 Å². The molecule has 0 heterocycles. The lowest BCUT2D eigenvalue weighted by molar-refractivity contribution is 0.425. The standard InChI is InChI=1S/C22H26F2/c1-3-5-17-7-9-19(10-8-17)13-16-21(23)22(24)20-14-11-18(6-4-2)12-15-20/h7-10,14,18H,3-6,11-12,15H2,1-2H3. The lowest BCUT2D eigenvalue weighted by atomic mass is 9.86. The van der Waals surface area contributed by atoms with E-state index < -0.39 is 11.7 Å². The Morgan fingerprint density at radius 3 is 2.46 bits per heavy atom. The van der Waals surface area contributed by atoms with Crippen LogP contribution in [-0.4, -0.2) is 0 Å². The molecule has 1 aromatic rings. The highest BCUT2D eigenvalue weighted by atomic mass is 19.2. The zero-order valence-electron chi connectivity index (χ0n) is 14.7. The Kier molecular flexibility index (Phi) is 7.25. The van der Waals surface area contributed by atoms with Crippen molar-refractivity contribution < 1.29 is 8.78 Å². The van der Waals surface area contributed by atoms with Crippen LogP contribution in [-0.2, 0) is 6.42 Å². The molecule has 2 rings (SSSR count). The van der Waals surface area contributed by atoms with Gasteiger partial charge in [-0.05, 0) is 60.8 Å². The Morgan fingerprint density at radius 1 is 1.12 bits per heavy atom. The van der Waals surface area contributed by atoms with Gasteiger partial charge in [0.25, 0.3) is 0 Å². The van der Waals surface area contributed by atoms with Crippen molar-refractivity contribution in [3.8, 4) is 11.8 Å². The van der Waals surface area contributed by atoms with E-state index in [4.69, 9.17) is 0 Å². The molecular formula is C22H26F2. The van der Waals surface area contributed by atoms with E-state index in [1.165, 1.54) is 5.56 Å². The summed E-state index contributed by atoms with van der Waals surface area (Å²) in [6.07, 6.45) is 8.64. The number of benzene rings is 1. The molecule has 1 aromatic carbocycles. The van der Waals surface area contributed by atoms with E-state index in [2.05, 4.69) is 25.7 Å². The predicted octanol–water partition coefficient (Wildman–Crippen LogP) is 6.67. The molecule has 0 fully saturated rings. The molecule has 128 valence electrons. The van der Waals surface area contributed by atoms with Gasteiger partial charge in [0.2, 0.25) is 5.83 Å². The largest absolute Gasteiger partial charge is 0.209 e. The maximum atomic E-state index is 14.2. The molecule has 24 heavy (non-hydrogen) atoms. The van der Waals surface area contributed by atoms with Crippen LogP contribution in [0.5, 0.6) is 0 Å². The molecule has 0 saturated carbocycles. The molecule has 0 spiro atoms. The van der Waals surface area contributed by atoms with Crippen molar-refractivity contribution in [3.05, 3.63) is 58.7 Å². The van der Waals surface area contributed by atoms with Crippen LogP contribution in [0.2, 0.25) is 0 Å². The van der Waals surface area contributed by atoms with Gasteiger partial charge in [-0.3, -0.25) is 0 Å². The predicted molar refractivity (Wildman–Crippen MR) is 96.9 cm³/mol. The summed E-state index contributed by atoms with van der Waals surface area (Å²) in [4.78, 5) is 0.